The summed E-state index contributed by atoms with van der Waals surface area (Å²) < 4.78 is 7.24. The second kappa shape index (κ2) is 2.90. The van der Waals surface area contributed by atoms with E-state index in [9.17, 15) is 0 Å². The Kier molecular flexibility index (Phi) is 2.24. The molecule has 0 N–H and O–H groups in total. The van der Waals surface area contributed by atoms with Crippen LogP contribution in [0.2, 0.25) is 0 Å². The number of aromatic nitrogens is 2. The maximum absolute atomic E-state index is 5.38. The third-order valence-electron chi connectivity index (χ3n) is 2.20. The lowest BCUT2D eigenvalue weighted by molar-refractivity contribution is 0.0118. The summed E-state index contributed by atoms with van der Waals surface area (Å²) >= 11 is 0. The fourth-order valence-corrected chi connectivity index (χ4v) is 1.51. The summed E-state index contributed by atoms with van der Waals surface area (Å²) in [7, 11) is 3.65. The van der Waals surface area contributed by atoms with Crippen LogP contribution >= 0.6 is 0 Å². The Balaban J connectivity index is 3.17. The van der Waals surface area contributed by atoms with E-state index >= 15 is 0 Å². The zero-order valence-electron chi connectivity index (χ0n) is 8.38. The molecule has 0 radical (unpaired) electrons. The number of hydrogen-bond acceptors (Lipinski definition) is 2. The topological polar surface area (TPSA) is 27.1 Å². The highest BCUT2D eigenvalue weighted by Crippen LogP contribution is 2.25. The Morgan fingerprint density at radius 1 is 1.50 bits per heavy atom. The molecule has 0 saturated carbocycles. The predicted octanol–water partition coefficient (Wildman–Crippen LogP) is 1.61. The van der Waals surface area contributed by atoms with Gasteiger partial charge in [-0.2, -0.15) is 5.10 Å². The Labute approximate surface area is 73.3 Å². The van der Waals surface area contributed by atoms with Crippen molar-refractivity contribution in [1.82, 2.24) is 9.78 Å². The zero-order chi connectivity index (χ0) is 9.35. The summed E-state index contributed by atoms with van der Waals surface area (Å²) in [6.45, 7) is 6.12. The minimum Gasteiger partial charge on any atom is -0.373 e. The third kappa shape index (κ3) is 1.37. The lowest BCUT2D eigenvalue weighted by atomic mass is 10.0. The second-order valence-electron chi connectivity index (χ2n) is 3.51. The van der Waals surface area contributed by atoms with Gasteiger partial charge in [-0.25, -0.2) is 0 Å². The van der Waals surface area contributed by atoms with Gasteiger partial charge in [0.1, 0.15) is 5.60 Å². The summed E-state index contributed by atoms with van der Waals surface area (Å²) in [5.41, 5.74) is 2.05. The van der Waals surface area contributed by atoms with E-state index in [1.165, 1.54) is 5.56 Å². The number of ether oxygens (including phenoxy) is 1. The first-order valence-corrected chi connectivity index (χ1v) is 4.03. The van der Waals surface area contributed by atoms with Crippen LogP contribution in [0.5, 0.6) is 0 Å². The van der Waals surface area contributed by atoms with Crippen molar-refractivity contribution in [3.8, 4) is 0 Å². The largest absolute Gasteiger partial charge is 0.373 e. The number of hydrogen-bond donors (Lipinski definition) is 0. The maximum Gasteiger partial charge on any atom is 0.104 e. The molecule has 1 rings (SSSR count). The van der Waals surface area contributed by atoms with Crippen LogP contribution in [0.15, 0.2) is 6.20 Å². The molecule has 0 aliphatic carbocycles. The standard InChI is InChI=1S/C9H16N2O/c1-7-6-10-11(4)8(7)9(2,3)12-5/h6H,1-5H3. The van der Waals surface area contributed by atoms with Gasteiger partial charge in [0, 0.05) is 14.2 Å². The number of rotatable bonds is 2. The summed E-state index contributed by atoms with van der Waals surface area (Å²) in [5, 5.41) is 4.17. The van der Waals surface area contributed by atoms with Gasteiger partial charge in [-0.05, 0) is 26.3 Å². The van der Waals surface area contributed by atoms with Crippen molar-refractivity contribution in [2.75, 3.05) is 7.11 Å². The highest BCUT2D eigenvalue weighted by molar-refractivity contribution is 5.21. The van der Waals surface area contributed by atoms with Crippen molar-refractivity contribution in [3.63, 3.8) is 0 Å². The van der Waals surface area contributed by atoms with Crippen LogP contribution in [0.25, 0.3) is 0 Å². The summed E-state index contributed by atoms with van der Waals surface area (Å²) in [6.07, 6.45) is 1.86. The van der Waals surface area contributed by atoms with Gasteiger partial charge >= 0.3 is 0 Å². The molecule has 0 aliphatic heterocycles. The summed E-state index contributed by atoms with van der Waals surface area (Å²) in [6, 6.07) is 0. The van der Waals surface area contributed by atoms with Gasteiger partial charge < -0.3 is 4.74 Å². The van der Waals surface area contributed by atoms with Crippen LogP contribution in [0.4, 0.5) is 0 Å². The van der Waals surface area contributed by atoms with Gasteiger partial charge in [-0.3, -0.25) is 4.68 Å². The fraction of sp³-hybridized carbons (Fsp3) is 0.667. The van der Waals surface area contributed by atoms with Crippen LogP contribution in [-0.4, -0.2) is 16.9 Å². The predicted molar refractivity (Wildman–Crippen MR) is 48.0 cm³/mol. The molecular formula is C9H16N2O. The summed E-state index contributed by atoms with van der Waals surface area (Å²) in [4.78, 5) is 0. The van der Waals surface area contributed by atoms with Gasteiger partial charge in [-0.1, -0.05) is 0 Å². The van der Waals surface area contributed by atoms with Crippen molar-refractivity contribution in [3.05, 3.63) is 17.5 Å². The summed E-state index contributed by atoms with van der Waals surface area (Å²) in [5.74, 6) is 0. The molecule has 0 aliphatic rings. The van der Waals surface area contributed by atoms with Gasteiger partial charge in [0.05, 0.1) is 11.9 Å². The minimum absolute atomic E-state index is 0.255. The molecular weight excluding hydrogens is 152 g/mol. The minimum atomic E-state index is -0.255. The second-order valence-corrected chi connectivity index (χ2v) is 3.51. The van der Waals surface area contributed by atoms with Gasteiger partial charge in [0.15, 0.2) is 0 Å². The Morgan fingerprint density at radius 3 is 2.42 bits per heavy atom. The molecule has 68 valence electrons. The fourth-order valence-electron chi connectivity index (χ4n) is 1.51. The van der Waals surface area contributed by atoms with Crippen LogP contribution in [0.3, 0.4) is 0 Å². The van der Waals surface area contributed by atoms with E-state index in [0.29, 0.717) is 0 Å². The lowest BCUT2D eigenvalue weighted by Gasteiger charge is -2.24. The Morgan fingerprint density at radius 2 is 2.08 bits per heavy atom. The number of aryl methyl sites for hydroxylation is 2. The lowest BCUT2D eigenvalue weighted by Crippen LogP contribution is -2.24. The molecule has 0 amide bonds. The quantitative estimate of drug-likeness (QED) is 0.670. The van der Waals surface area contributed by atoms with E-state index in [1.807, 2.05) is 38.7 Å². The molecule has 12 heavy (non-hydrogen) atoms. The Bertz CT molecular complexity index is 257. The van der Waals surface area contributed by atoms with E-state index in [0.717, 1.165) is 5.69 Å². The van der Waals surface area contributed by atoms with E-state index in [4.69, 9.17) is 4.74 Å². The number of nitrogens with zero attached hydrogens (tertiary/aromatic N) is 2. The average Bonchev–Trinajstić information content (AvgIpc) is 2.31. The SMILES string of the molecule is COC(C)(C)c1c(C)cnn1C. The van der Waals surface area contributed by atoms with Crippen LogP contribution in [0.1, 0.15) is 25.1 Å². The maximum atomic E-state index is 5.38. The Hall–Kier alpha value is -0.830. The highest BCUT2D eigenvalue weighted by Gasteiger charge is 2.25. The van der Waals surface area contributed by atoms with Gasteiger partial charge in [0.25, 0.3) is 0 Å². The molecule has 3 heteroatoms. The first-order valence-electron chi connectivity index (χ1n) is 4.03. The van der Waals surface area contributed by atoms with Crippen LogP contribution in [-0.2, 0) is 17.4 Å². The van der Waals surface area contributed by atoms with E-state index in [2.05, 4.69) is 5.10 Å². The van der Waals surface area contributed by atoms with Gasteiger partial charge in [0.2, 0.25) is 0 Å². The smallest absolute Gasteiger partial charge is 0.104 e. The molecule has 0 fully saturated rings. The van der Waals surface area contributed by atoms with E-state index < -0.39 is 0 Å². The molecule has 3 nitrogen and oxygen atoms in total. The zero-order valence-corrected chi connectivity index (χ0v) is 8.38. The first kappa shape index (κ1) is 9.26. The molecule has 0 spiro atoms. The monoisotopic (exact) mass is 168 g/mol. The normalized spacial score (nSPS) is 12.1. The third-order valence-corrected chi connectivity index (χ3v) is 2.20. The molecule has 0 atom stereocenters. The highest BCUT2D eigenvalue weighted by atomic mass is 16.5. The molecule has 0 unspecified atom stereocenters. The molecule has 0 aromatic carbocycles. The average molecular weight is 168 g/mol. The van der Waals surface area contributed by atoms with E-state index in [-0.39, 0.29) is 5.60 Å². The molecule has 1 aromatic heterocycles. The van der Waals surface area contributed by atoms with Crippen molar-refractivity contribution in [1.29, 1.82) is 0 Å². The van der Waals surface area contributed by atoms with Gasteiger partial charge in [-0.15, -0.1) is 0 Å². The first-order chi connectivity index (χ1) is 5.49. The van der Waals surface area contributed by atoms with E-state index in [1.54, 1.807) is 7.11 Å². The van der Waals surface area contributed by atoms with Crippen molar-refractivity contribution >= 4 is 0 Å². The van der Waals surface area contributed by atoms with Crippen molar-refractivity contribution in [2.45, 2.75) is 26.4 Å². The number of methoxy groups -OCH3 is 1. The molecule has 1 aromatic rings. The molecule has 1 heterocycles. The van der Waals surface area contributed by atoms with Crippen molar-refractivity contribution < 1.29 is 4.74 Å². The molecule has 0 saturated heterocycles. The van der Waals surface area contributed by atoms with Crippen LogP contribution in [0, 0.1) is 6.92 Å². The molecule has 0 bridgehead atoms. The van der Waals surface area contributed by atoms with Crippen molar-refractivity contribution in [2.24, 2.45) is 7.05 Å². The van der Waals surface area contributed by atoms with Crippen LogP contribution < -0.4 is 0 Å².